The molecule has 1 saturated heterocycles. The van der Waals surface area contributed by atoms with Gasteiger partial charge in [0.05, 0.1) is 17.7 Å². The molecule has 0 radical (unpaired) electrons. The quantitative estimate of drug-likeness (QED) is 0.879. The average molecular weight is 272 g/mol. The summed E-state index contributed by atoms with van der Waals surface area (Å²) in [6, 6.07) is 9.77. The number of pyridine rings is 1. The molecule has 1 aliphatic heterocycles. The zero-order chi connectivity index (χ0) is 14.2. The van der Waals surface area contributed by atoms with Gasteiger partial charge < -0.3 is 15.1 Å². The van der Waals surface area contributed by atoms with Gasteiger partial charge in [-0.1, -0.05) is 18.2 Å². The van der Waals surface area contributed by atoms with Gasteiger partial charge in [0.25, 0.3) is 0 Å². The number of aromatic nitrogens is 1. The van der Waals surface area contributed by atoms with Crippen LogP contribution in [-0.4, -0.2) is 33.9 Å². The molecule has 1 aromatic carbocycles. The Hall–Kier alpha value is -1.65. The summed E-state index contributed by atoms with van der Waals surface area (Å²) in [5, 5.41) is 20.8. The maximum Gasteiger partial charge on any atom is 0.129 e. The molecule has 1 aliphatic rings. The van der Waals surface area contributed by atoms with Crippen LogP contribution >= 0.6 is 0 Å². The van der Waals surface area contributed by atoms with Crippen molar-refractivity contribution in [2.75, 3.05) is 18.0 Å². The molecule has 0 bridgehead atoms. The lowest BCUT2D eigenvalue weighted by Gasteiger charge is -2.37. The summed E-state index contributed by atoms with van der Waals surface area (Å²) in [6.45, 7) is 3.35. The van der Waals surface area contributed by atoms with Gasteiger partial charge in [0.2, 0.25) is 0 Å². The Morgan fingerprint density at radius 3 is 2.90 bits per heavy atom. The first-order valence-corrected chi connectivity index (χ1v) is 7.06. The van der Waals surface area contributed by atoms with Gasteiger partial charge in [0.15, 0.2) is 0 Å². The first-order valence-electron chi connectivity index (χ1n) is 7.06. The predicted octanol–water partition coefficient (Wildman–Crippen LogP) is 2.08. The van der Waals surface area contributed by atoms with Crippen molar-refractivity contribution < 1.29 is 10.2 Å². The van der Waals surface area contributed by atoms with Crippen LogP contribution in [0.3, 0.4) is 0 Å². The fourth-order valence-electron chi connectivity index (χ4n) is 2.94. The van der Waals surface area contributed by atoms with E-state index in [9.17, 15) is 10.2 Å². The molecular formula is C16H20N2O2. The van der Waals surface area contributed by atoms with Crippen molar-refractivity contribution in [3.63, 3.8) is 0 Å². The zero-order valence-corrected chi connectivity index (χ0v) is 11.7. The van der Waals surface area contributed by atoms with Gasteiger partial charge >= 0.3 is 0 Å². The van der Waals surface area contributed by atoms with Crippen molar-refractivity contribution >= 4 is 16.7 Å². The van der Waals surface area contributed by atoms with E-state index in [-0.39, 0.29) is 6.61 Å². The van der Waals surface area contributed by atoms with Gasteiger partial charge in [0.1, 0.15) is 5.82 Å². The summed E-state index contributed by atoms with van der Waals surface area (Å²) in [7, 11) is 0. The highest BCUT2D eigenvalue weighted by atomic mass is 16.3. The van der Waals surface area contributed by atoms with E-state index >= 15 is 0 Å². The van der Waals surface area contributed by atoms with Crippen molar-refractivity contribution in [1.29, 1.82) is 0 Å². The molecule has 106 valence electrons. The van der Waals surface area contributed by atoms with Crippen LogP contribution in [0.2, 0.25) is 0 Å². The zero-order valence-electron chi connectivity index (χ0n) is 11.7. The number of para-hydroxylation sites is 1. The second-order valence-corrected chi connectivity index (χ2v) is 5.84. The Balaban J connectivity index is 2.03. The van der Waals surface area contributed by atoms with Crippen LogP contribution in [0, 0.1) is 0 Å². The molecule has 1 atom stereocenters. The molecule has 3 rings (SSSR count). The van der Waals surface area contributed by atoms with Crippen LogP contribution in [0.4, 0.5) is 5.82 Å². The van der Waals surface area contributed by atoms with Crippen molar-refractivity contribution in [2.24, 2.45) is 0 Å². The number of aliphatic hydroxyl groups is 2. The number of anilines is 1. The Morgan fingerprint density at radius 1 is 1.35 bits per heavy atom. The molecule has 0 aliphatic carbocycles. The number of nitrogens with zero attached hydrogens (tertiary/aromatic N) is 2. The smallest absolute Gasteiger partial charge is 0.129 e. The molecule has 0 saturated carbocycles. The highest BCUT2D eigenvalue weighted by Gasteiger charge is 2.29. The van der Waals surface area contributed by atoms with Gasteiger partial charge in [0, 0.05) is 18.5 Å². The third-order valence-electron chi connectivity index (χ3n) is 3.96. The maximum absolute atomic E-state index is 10.2. The molecule has 4 heteroatoms. The summed E-state index contributed by atoms with van der Waals surface area (Å²) in [6.07, 6.45) is 1.78. The molecular weight excluding hydrogens is 252 g/mol. The van der Waals surface area contributed by atoms with Gasteiger partial charge in [-0.2, -0.15) is 0 Å². The van der Waals surface area contributed by atoms with E-state index in [1.807, 2.05) is 37.3 Å². The number of piperidine rings is 1. The van der Waals surface area contributed by atoms with E-state index in [2.05, 4.69) is 9.88 Å². The number of rotatable bonds is 2. The van der Waals surface area contributed by atoms with Crippen LogP contribution < -0.4 is 4.90 Å². The monoisotopic (exact) mass is 272 g/mol. The molecule has 0 amide bonds. The van der Waals surface area contributed by atoms with E-state index in [1.54, 1.807) is 0 Å². The Labute approximate surface area is 118 Å². The number of benzene rings is 1. The Morgan fingerprint density at radius 2 is 2.15 bits per heavy atom. The van der Waals surface area contributed by atoms with Crippen LogP contribution in [0.5, 0.6) is 0 Å². The topological polar surface area (TPSA) is 56.6 Å². The van der Waals surface area contributed by atoms with Gasteiger partial charge in [-0.05, 0) is 37.5 Å². The Bertz CT molecular complexity index is 625. The minimum Gasteiger partial charge on any atom is -0.392 e. The SMILES string of the molecule is CC1(O)CCCN(c2cc(CO)c3ccccc3n2)C1. The molecule has 1 unspecified atom stereocenters. The highest BCUT2D eigenvalue weighted by molar-refractivity contribution is 5.84. The normalized spacial score (nSPS) is 23.2. The standard InChI is InChI=1S/C16H20N2O2/c1-16(20)7-4-8-18(11-16)15-9-12(10-19)13-5-2-3-6-14(13)17-15/h2-3,5-6,9,19-20H,4,7-8,10-11H2,1H3. The van der Waals surface area contributed by atoms with E-state index in [1.165, 1.54) is 0 Å². The third kappa shape index (κ3) is 2.49. The minimum atomic E-state index is -0.662. The largest absolute Gasteiger partial charge is 0.392 e. The molecule has 0 spiro atoms. The fourth-order valence-corrected chi connectivity index (χ4v) is 2.94. The van der Waals surface area contributed by atoms with Crippen molar-refractivity contribution in [2.45, 2.75) is 32.0 Å². The van der Waals surface area contributed by atoms with E-state index in [0.29, 0.717) is 6.54 Å². The lowest BCUT2D eigenvalue weighted by molar-refractivity contribution is 0.0447. The minimum absolute atomic E-state index is 0.000264. The van der Waals surface area contributed by atoms with Crippen LogP contribution in [0.25, 0.3) is 10.9 Å². The fraction of sp³-hybridized carbons (Fsp3) is 0.438. The highest BCUT2D eigenvalue weighted by Crippen LogP contribution is 2.28. The Kier molecular flexibility index (Phi) is 3.36. The summed E-state index contributed by atoms with van der Waals surface area (Å²) in [5.41, 5.74) is 1.11. The lowest BCUT2D eigenvalue weighted by Crippen LogP contribution is -2.46. The van der Waals surface area contributed by atoms with Crippen LogP contribution in [0.15, 0.2) is 30.3 Å². The molecule has 1 fully saturated rings. The molecule has 2 aromatic rings. The number of hydrogen-bond donors (Lipinski definition) is 2. The summed E-state index contributed by atoms with van der Waals surface area (Å²) in [5.74, 6) is 0.840. The van der Waals surface area contributed by atoms with Gasteiger partial charge in [-0.25, -0.2) is 4.98 Å². The van der Waals surface area contributed by atoms with E-state index in [4.69, 9.17) is 0 Å². The van der Waals surface area contributed by atoms with Crippen LogP contribution in [0.1, 0.15) is 25.3 Å². The van der Waals surface area contributed by atoms with Crippen LogP contribution in [-0.2, 0) is 6.61 Å². The predicted molar refractivity (Wildman–Crippen MR) is 79.7 cm³/mol. The summed E-state index contributed by atoms with van der Waals surface area (Å²) >= 11 is 0. The van der Waals surface area contributed by atoms with Crippen molar-refractivity contribution in [1.82, 2.24) is 4.98 Å². The molecule has 20 heavy (non-hydrogen) atoms. The summed E-state index contributed by atoms with van der Waals surface area (Å²) < 4.78 is 0. The molecule has 4 nitrogen and oxygen atoms in total. The first-order chi connectivity index (χ1) is 9.59. The lowest BCUT2D eigenvalue weighted by atomic mass is 9.95. The second kappa shape index (κ2) is 5.04. The number of aliphatic hydroxyl groups excluding tert-OH is 1. The van der Waals surface area contributed by atoms with Crippen molar-refractivity contribution in [3.8, 4) is 0 Å². The van der Waals surface area contributed by atoms with Gasteiger partial charge in [-0.15, -0.1) is 0 Å². The molecule has 2 heterocycles. The van der Waals surface area contributed by atoms with Gasteiger partial charge in [-0.3, -0.25) is 0 Å². The molecule has 1 aromatic heterocycles. The average Bonchev–Trinajstić information content (AvgIpc) is 2.45. The second-order valence-electron chi connectivity index (χ2n) is 5.84. The first kappa shape index (κ1) is 13.3. The summed E-state index contributed by atoms with van der Waals surface area (Å²) in [4.78, 5) is 6.78. The van der Waals surface area contributed by atoms with E-state index in [0.717, 1.165) is 41.7 Å². The number of hydrogen-bond acceptors (Lipinski definition) is 4. The number of fused-ring (bicyclic) bond motifs is 1. The molecule has 2 N–H and O–H groups in total. The number of β-amino-alcohol motifs (C(OH)–C–C–N with tert-alkyl or cyclic N) is 1. The third-order valence-corrected chi connectivity index (χ3v) is 3.96. The van der Waals surface area contributed by atoms with E-state index < -0.39 is 5.60 Å². The maximum atomic E-state index is 10.2. The van der Waals surface area contributed by atoms with Crippen molar-refractivity contribution in [3.05, 3.63) is 35.9 Å².